The van der Waals surface area contributed by atoms with Crippen molar-refractivity contribution in [1.82, 2.24) is 9.88 Å². The number of rotatable bonds is 8. The van der Waals surface area contributed by atoms with Crippen molar-refractivity contribution in [3.63, 3.8) is 0 Å². The molecule has 0 spiro atoms. The van der Waals surface area contributed by atoms with Crippen molar-refractivity contribution >= 4 is 11.8 Å². The zero-order chi connectivity index (χ0) is 30.7. The third-order valence-corrected chi connectivity index (χ3v) is 8.37. The molecule has 3 heterocycles. The molecule has 1 aromatic heterocycles. The minimum atomic E-state index is -4.20. The molecule has 0 unspecified atom stereocenters. The van der Waals surface area contributed by atoms with Crippen molar-refractivity contribution in [3.8, 4) is 17.0 Å². The van der Waals surface area contributed by atoms with Gasteiger partial charge in [-0.25, -0.2) is 13.8 Å². The number of carboxylic acid groups (broad SMARTS) is 1. The molecule has 12 heteroatoms. The van der Waals surface area contributed by atoms with E-state index in [-0.39, 0.29) is 53.4 Å². The minimum absolute atomic E-state index is 0. The Morgan fingerprint density at radius 2 is 1.70 bits per heavy atom. The predicted molar refractivity (Wildman–Crippen MR) is 150 cm³/mol. The molecule has 0 bridgehead atoms. The predicted octanol–water partition coefficient (Wildman–Crippen LogP) is 2.63. The van der Waals surface area contributed by atoms with Gasteiger partial charge >= 0.3 is 35.7 Å². The van der Waals surface area contributed by atoms with Crippen molar-refractivity contribution < 1.29 is 66.1 Å². The van der Waals surface area contributed by atoms with Crippen LogP contribution in [-0.4, -0.2) is 54.8 Å². The van der Waals surface area contributed by atoms with Crippen molar-refractivity contribution in [3.05, 3.63) is 76.9 Å². The minimum Gasteiger partial charge on any atom is -0.550 e. The Morgan fingerprint density at radius 3 is 2.34 bits per heavy atom. The van der Waals surface area contributed by atoms with E-state index in [1.54, 1.807) is 18.2 Å². The van der Waals surface area contributed by atoms with Crippen molar-refractivity contribution in [1.29, 1.82) is 0 Å². The second-order valence-electron chi connectivity index (χ2n) is 11.4. The summed E-state index contributed by atoms with van der Waals surface area (Å²) in [5, 5.41) is 11.2. The van der Waals surface area contributed by atoms with Gasteiger partial charge in [0.15, 0.2) is 11.6 Å². The number of carbonyl (C=O) groups excluding carboxylic acids is 1. The molecule has 0 atom stereocenters. The van der Waals surface area contributed by atoms with Crippen LogP contribution in [0.3, 0.4) is 0 Å². The SMILES string of the molecule is Cc1cc(C2CCN(CC(F)(F)F)CC2)ccc1COc1c(F)cc(F)cc1-c1cccc(N2CCC(C(=O)[O-])CC2)n1.[Na+]. The van der Waals surface area contributed by atoms with E-state index in [1.165, 1.54) is 11.0 Å². The van der Waals surface area contributed by atoms with Gasteiger partial charge in [0, 0.05) is 36.6 Å². The number of carboxylic acids is 1. The number of alkyl halides is 3. The number of carbonyl (C=O) groups is 1. The number of halogens is 5. The smallest absolute Gasteiger partial charge is 0.550 e. The summed E-state index contributed by atoms with van der Waals surface area (Å²) in [6.45, 7) is 2.73. The molecule has 44 heavy (non-hydrogen) atoms. The van der Waals surface area contributed by atoms with Gasteiger partial charge in [-0.2, -0.15) is 13.2 Å². The van der Waals surface area contributed by atoms with Gasteiger partial charge in [-0.3, -0.25) is 4.90 Å². The topological polar surface area (TPSA) is 68.7 Å². The Morgan fingerprint density at radius 1 is 1.00 bits per heavy atom. The molecular weight excluding hydrogens is 592 g/mol. The first kappa shape index (κ1) is 34.1. The van der Waals surface area contributed by atoms with E-state index in [1.807, 2.05) is 30.0 Å². The van der Waals surface area contributed by atoms with Crippen LogP contribution in [0.15, 0.2) is 48.5 Å². The molecule has 6 nitrogen and oxygen atoms in total. The first-order valence-corrected chi connectivity index (χ1v) is 14.4. The largest absolute Gasteiger partial charge is 1.00 e. The van der Waals surface area contributed by atoms with Crippen LogP contribution in [0.4, 0.5) is 27.8 Å². The monoisotopic (exact) mass is 625 g/mol. The number of hydrogen-bond donors (Lipinski definition) is 0. The van der Waals surface area contributed by atoms with E-state index in [0.29, 0.717) is 63.4 Å². The summed E-state index contributed by atoms with van der Waals surface area (Å²) >= 11 is 0. The maximum Gasteiger partial charge on any atom is 1.00 e. The molecule has 2 saturated heterocycles. The number of anilines is 1. The van der Waals surface area contributed by atoms with E-state index < -0.39 is 36.2 Å². The van der Waals surface area contributed by atoms with Crippen LogP contribution in [0, 0.1) is 24.5 Å². The Labute approximate surface area is 275 Å². The van der Waals surface area contributed by atoms with Gasteiger partial charge in [0.1, 0.15) is 18.2 Å². The second kappa shape index (κ2) is 14.6. The standard InChI is InChI=1S/C32H34F5N3O3.Na/c1-20-15-23(21-7-11-39(12-8-21)19-32(35,36)37)5-6-24(20)18-43-30-26(16-25(33)17-27(30)34)28-3-2-4-29(38-28)40-13-9-22(10-14-40)31(41)42;/h2-6,15-17,21-22H,7-14,18-19H2,1H3,(H,41,42);/q;+1/p-1. The Bertz CT molecular complexity index is 1460. The number of aryl methyl sites for hydroxylation is 1. The van der Waals surface area contributed by atoms with Crippen LogP contribution in [0.5, 0.6) is 5.75 Å². The van der Waals surface area contributed by atoms with Gasteiger partial charge in [0.25, 0.3) is 0 Å². The van der Waals surface area contributed by atoms with Crippen molar-refractivity contribution in [2.75, 3.05) is 37.6 Å². The number of aromatic nitrogens is 1. The molecule has 0 amide bonds. The molecule has 0 radical (unpaired) electrons. The summed E-state index contributed by atoms with van der Waals surface area (Å²) in [6.07, 6.45) is -2.08. The van der Waals surface area contributed by atoms with E-state index in [9.17, 15) is 27.5 Å². The maximum atomic E-state index is 15.1. The number of nitrogens with zero attached hydrogens (tertiary/aromatic N) is 3. The normalized spacial score (nSPS) is 16.9. The molecule has 2 aliphatic heterocycles. The van der Waals surface area contributed by atoms with Crippen LogP contribution < -0.4 is 44.3 Å². The number of aliphatic carboxylic acids is 1. The Hall–Kier alpha value is -2.73. The molecule has 0 N–H and O–H groups in total. The zero-order valence-electron chi connectivity index (χ0n) is 24.8. The fraction of sp³-hybridized carbons (Fsp3) is 0.438. The molecule has 2 fully saturated rings. The molecule has 0 saturated carbocycles. The van der Waals surface area contributed by atoms with E-state index in [2.05, 4.69) is 4.98 Å². The van der Waals surface area contributed by atoms with Gasteiger partial charge in [-0.1, -0.05) is 24.3 Å². The average Bonchev–Trinajstić information content (AvgIpc) is 2.96. The molecule has 2 aromatic carbocycles. The van der Waals surface area contributed by atoms with E-state index in [4.69, 9.17) is 4.74 Å². The van der Waals surface area contributed by atoms with Crippen LogP contribution >= 0.6 is 0 Å². The van der Waals surface area contributed by atoms with Gasteiger partial charge < -0.3 is 19.5 Å². The second-order valence-corrected chi connectivity index (χ2v) is 11.4. The van der Waals surface area contributed by atoms with Gasteiger partial charge in [-0.05, 0) is 86.5 Å². The summed E-state index contributed by atoms with van der Waals surface area (Å²) in [4.78, 5) is 19.2. The third kappa shape index (κ3) is 8.50. The van der Waals surface area contributed by atoms with Crippen LogP contribution in [-0.2, 0) is 11.4 Å². The summed E-state index contributed by atoms with van der Waals surface area (Å²) in [5.41, 5.74) is 3.22. The first-order valence-electron chi connectivity index (χ1n) is 14.4. The summed E-state index contributed by atoms with van der Waals surface area (Å²) in [6, 6.07) is 12.9. The average molecular weight is 626 g/mol. The number of ether oxygens (including phenoxy) is 1. The Kier molecular flexibility index (Phi) is 11.3. The molecule has 3 aromatic rings. The number of piperidine rings is 2. The Balaban J connectivity index is 0.00000442. The fourth-order valence-corrected chi connectivity index (χ4v) is 5.95. The number of likely N-dealkylation sites (tertiary alicyclic amines) is 1. The van der Waals surface area contributed by atoms with Crippen molar-refractivity contribution in [2.24, 2.45) is 5.92 Å². The van der Waals surface area contributed by atoms with Gasteiger partial charge in [-0.15, -0.1) is 0 Å². The maximum absolute atomic E-state index is 15.1. The molecule has 230 valence electrons. The molecule has 5 rings (SSSR count). The number of pyridine rings is 1. The zero-order valence-corrected chi connectivity index (χ0v) is 26.8. The summed E-state index contributed by atoms with van der Waals surface area (Å²) in [7, 11) is 0. The molecular formula is C32H33F5N3NaO3. The van der Waals surface area contributed by atoms with E-state index >= 15 is 4.39 Å². The van der Waals surface area contributed by atoms with Crippen LogP contribution in [0.1, 0.15) is 48.3 Å². The molecule has 2 aliphatic rings. The van der Waals surface area contributed by atoms with Crippen LogP contribution in [0.2, 0.25) is 0 Å². The fourth-order valence-electron chi connectivity index (χ4n) is 5.95. The van der Waals surface area contributed by atoms with Crippen LogP contribution in [0.25, 0.3) is 11.3 Å². The quantitative estimate of drug-likeness (QED) is 0.284. The summed E-state index contributed by atoms with van der Waals surface area (Å²) < 4.78 is 73.6. The van der Waals surface area contributed by atoms with Gasteiger partial charge in [0.05, 0.1) is 12.2 Å². The summed E-state index contributed by atoms with van der Waals surface area (Å²) in [5.74, 6) is -2.62. The van der Waals surface area contributed by atoms with E-state index in [0.717, 1.165) is 22.8 Å². The van der Waals surface area contributed by atoms with Gasteiger partial charge in [0.2, 0.25) is 0 Å². The first-order chi connectivity index (χ1) is 20.5. The molecule has 0 aliphatic carbocycles. The number of hydrogen-bond acceptors (Lipinski definition) is 6. The number of benzene rings is 2. The van der Waals surface area contributed by atoms with Crippen molar-refractivity contribution in [2.45, 2.75) is 51.3 Å². The third-order valence-electron chi connectivity index (χ3n) is 8.37.